The Morgan fingerprint density at radius 2 is 1.18 bits per heavy atom. The predicted molar refractivity (Wildman–Crippen MR) is 66.6 cm³/mol. The number of halogens is 4. The molecular formula is C14H8F4O4. The molecule has 4 nitrogen and oxygen atoms in total. The number of carbonyl (C=O) groups is 2. The fourth-order valence-corrected chi connectivity index (χ4v) is 1.32. The summed E-state index contributed by atoms with van der Waals surface area (Å²) in [5.41, 5.74) is -1.17. The average Bonchev–Trinajstić information content (AvgIpc) is 2.41. The van der Waals surface area contributed by atoms with Gasteiger partial charge in [-0.2, -0.15) is 0 Å². The van der Waals surface area contributed by atoms with Crippen molar-refractivity contribution in [3.8, 4) is 0 Å². The summed E-state index contributed by atoms with van der Waals surface area (Å²) in [6, 6.07) is 4.58. The summed E-state index contributed by atoms with van der Waals surface area (Å²) < 4.78 is 49.4. The quantitative estimate of drug-likeness (QED) is 0.834. The maximum Gasteiger partial charge on any atom is 0.338 e. The van der Waals surface area contributed by atoms with Gasteiger partial charge in [-0.1, -0.05) is 0 Å². The van der Waals surface area contributed by atoms with Crippen LogP contribution in [0.5, 0.6) is 0 Å². The molecule has 0 aliphatic rings. The molecule has 116 valence electrons. The van der Waals surface area contributed by atoms with Crippen LogP contribution in [0.4, 0.5) is 17.6 Å². The van der Waals surface area contributed by atoms with Gasteiger partial charge in [0.2, 0.25) is 0 Å². The number of aromatic carboxylic acids is 2. The zero-order valence-corrected chi connectivity index (χ0v) is 10.7. The first-order chi connectivity index (χ1) is 10.2. The second-order valence-corrected chi connectivity index (χ2v) is 3.86. The maximum atomic E-state index is 12.5. The number of carboxylic acids is 2. The average molecular weight is 316 g/mol. The van der Waals surface area contributed by atoms with E-state index in [2.05, 4.69) is 0 Å². The number of hydrogen-bond donors (Lipinski definition) is 2. The Balaban J connectivity index is 0.000000220. The standard InChI is InChI=1S/2C7H4F2O2/c8-4-1-2-6(9)5(3-4)7(10)11;8-4-1-2-5(7(10)11)6(9)3-4/h2*1-3H,(H,10,11). The molecule has 2 aromatic rings. The van der Waals surface area contributed by atoms with Gasteiger partial charge in [0.1, 0.15) is 23.3 Å². The molecule has 2 rings (SSSR count). The third-order valence-corrected chi connectivity index (χ3v) is 2.32. The van der Waals surface area contributed by atoms with Gasteiger partial charge in [-0.25, -0.2) is 27.2 Å². The van der Waals surface area contributed by atoms with Crippen LogP contribution in [0.2, 0.25) is 0 Å². The lowest BCUT2D eigenvalue weighted by Gasteiger charge is -1.95. The monoisotopic (exact) mass is 316 g/mol. The zero-order chi connectivity index (χ0) is 16.9. The predicted octanol–water partition coefficient (Wildman–Crippen LogP) is 3.33. The summed E-state index contributed by atoms with van der Waals surface area (Å²) in [6.45, 7) is 0. The number of rotatable bonds is 2. The van der Waals surface area contributed by atoms with E-state index in [1.54, 1.807) is 0 Å². The van der Waals surface area contributed by atoms with E-state index < -0.39 is 46.3 Å². The molecule has 0 unspecified atom stereocenters. The second kappa shape index (κ2) is 7.21. The summed E-state index contributed by atoms with van der Waals surface area (Å²) in [4.78, 5) is 20.3. The van der Waals surface area contributed by atoms with Crippen LogP contribution in [-0.2, 0) is 0 Å². The van der Waals surface area contributed by atoms with Crippen LogP contribution in [0, 0.1) is 23.3 Å². The van der Waals surface area contributed by atoms with Gasteiger partial charge in [0.05, 0.1) is 11.1 Å². The largest absolute Gasteiger partial charge is 0.478 e. The molecule has 0 aliphatic carbocycles. The van der Waals surface area contributed by atoms with Crippen LogP contribution in [0.25, 0.3) is 0 Å². The van der Waals surface area contributed by atoms with Gasteiger partial charge < -0.3 is 10.2 Å². The highest BCUT2D eigenvalue weighted by molar-refractivity contribution is 5.88. The van der Waals surface area contributed by atoms with Crippen molar-refractivity contribution >= 4 is 11.9 Å². The van der Waals surface area contributed by atoms with Crippen LogP contribution in [0.1, 0.15) is 20.7 Å². The Kier molecular flexibility index (Phi) is 5.62. The molecule has 8 heteroatoms. The van der Waals surface area contributed by atoms with E-state index in [9.17, 15) is 27.2 Å². The topological polar surface area (TPSA) is 74.6 Å². The van der Waals surface area contributed by atoms with Crippen molar-refractivity contribution in [3.05, 3.63) is 70.8 Å². The summed E-state index contributed by atoms with van der Waals surface area (Å²) in [5, 5.41) is 16.6. The van der Waals surface area contributed by atoms with Gasteiger partial charge in [-0.15, -0.1) is 0 Å². The number of hydrogen-bond acceptors (Lipinski definition) is 2. The van der Waals surface area contributed by atoms with E-state index in [0.717, 1.165) is 24.3 Å². The first-order valence-electron chi connectivity index (χ1n) is 5.59. The normalized spacial score (nSPS) is 9.64. The van der Waals surface area contributed by atoms with Crippen LogP contribution in [-0.4, -0.2) is 22.2 Å². The van der Waals surface area contributed by atoms with E-state index in [0.29, 0.717) is 12.1 Å². The van der Waals surface area contributed by atoms with Crippen molar-refractivity contribution in [1.29, 1.82) is 0 Å². The molecule has 0 spiro atoms. The SMILES string of the molecule is O=C(O)c1cc(F)ccc1F.O=C(O)c1ccc(F)cc1F. The minimum Gasteiger partial charge on any atom is -0.478 e. The Morgan fingerprint density at radius 1 is 0.682 bits per heavy atom. The highest BCUT2D eigenvalue weighted by atomic mass is 19.1. The van der Waals surface area contributed by atoms with E-state index in [-0.39, 0.29) is 0 Å². The molecule has 0 saturated carbocycles. The molecule has 0 bridgehead atoms. The fraction of sp³-hybridized carbons (Fsp3) is 0. The van der Waals surface area contributed by atoms with E-state index in [1.807, 2.05) is 0 Å². The summed E-state index contributed by atoms with van der Waals surface area (Å²) in [7, 11) is 0. The molecular weight excluding hydrogens is 308 g/mol. The van der Waals surface area contributed by atoms with Crippen LogP contribution in [0.15, 0.2) is 36.4 Å². The molecule has 0 aliphatic heterocycles. The van der Waals surface area contributed by atoms with Crippen LogP contribution < -0.4 is 0 Å². The molecule has 2 aromatic carbocycles. The van der Waals surface area contributed by atoms with Gasteiger partial charge in [-0.05, 0) is 30.3 Å². The van der Waals surface area contributed by atoms with Crippen LogP contribution >= 0.6 is 0 Å². The smallest absolute Gasteiger partial charge is 0.338 e. The maximum absolute atomic E-state index is 12.5. The molecule has 0 heterocycles. The third-order valence-electron chi connectivity index (χ3n) is 2.32. The first kappa shape index (κ1) is 17.2. The Bertz CT molecular complexity index is 716. The first-order valence-corrected chi connectivity index (χ1v) is 5.59. The van der Waals surface area contributed by atoms with Crippen molar-refractivity contribution < 1.29 is 37.4 Å². The lowest BCUT2D eigenvalue weighted by molar-refractivity contribution is 0.0680. The summed E-state index contributed by atoms with van der Waals surface area (Å²) >= 11 is 0. The second-order valence-electron chi connectivity index (χ2n) is 3.86. The fourth-order valence-electron chi connectivity index (χ4n) is 1.32. The Hall–Kier alpha value is -2.90. The summed E-state index contributed by atoms with van der Waals surface area (Å²) in [6.07, 6.45) is 0. The van der Waals surface area contributed by atoms with Gasteiger partial charge in [-0.3, -0.25) is 0 Å². The van der Waals surface area contributed by atoms with Crippen molar-refractivity contribution in [3.63, 3.8) is 0 Å². The van der Waals surface area contributed by atoms with Gasteiger partial charge in [0, 0.05) is 6.07 Å². The van der Waals surface area contributed by atoms with Gasteiger partial charge >= 0.3 is 11.9 Å². The van der Waals surface area contributed by atoms with Gasteiger partial charge in [0.15, 0.2) is 0 Å². The van der Waals surface area contributed by atoms with E-state index in [1.165, 1.54) is 0 Å². The number of carboxylic acid groups (broad SMARTS) is 2. The van der Waals surface area contributed by atoms with Crippen molar-refractivity contribution in [2.24, 2.45) is 0 Å². The highest BCUT2D eigenvalue weighted by Crippen LogP contribution is 2.09. The van der Waals surface area contributed by atoms with Crippen molar-refractivity contribution in [1.82, 2.24) is 0 Å². The Labute approximate surface area is 121 Å². The minimum atomic E-state index is -1.47. The van der Waals surface area contributed by atoms with Gasteiger partial charge in [0.25, 0.3) is 0 Å². The van der Waals surface area contributed by atoms with Crippen molar-refractivity contribution in [2.45, 2.75) is 0 Å². The lowest BCUT2D eigenvalue weighted by atomic mass is 10.2. The molecule has 0 amide bonds. The number of benzene rings is 2. The molecule has 0 atom stereocenters. The molecule has 22 heavy (non-hydrogen) atoms. The molecule has 0 fully saturated rings. The minimum absolute atomic E-state index is 0.522. The van der Waals surface area contributed by atoms with E-state index >= 15 is 0 Å². The highest BCUT2D eigenvalue weighted by Gasteiger charge is 2.10. The van der Waals surface area contributed by atoms with Crippen molar-refractivity contribution in [2.75, 3.05) is 0 Å². The van der Waals surface area contributed by atoms with E-state index in [4.69, 9.17) is 10.2 Å². The zero-order valence-electron chi connectivity index (χ0n) is 10.7. The molecule has 0 radical (unpaired) electrons. The third kappa shape index (κ3) is 4.58. The molecule has 2 N–H and O–H groups in total. The summed E-state index contributed by atoms with van der Waals surface area (Å²) in [5.74, 6) is -6.41. The lowest BCUT2D eigenvalue weighted by Crippen LogP contribution is -2.00. The van der Waals surface area contributed by atoms with Crippen LogP contribution in [0.3, 0.4) is 0 Å². The molecule has 0 saturated heterocycles. The molecule has 0 aromatic heterocycles. The Morgan fingerprint density at radius 3 is 1.64 bits per heavy atom.